The number of hydrogen-bond acceptors (Lipinski definition) is 3. The van der Waals surface area contributed by atoms with Crippen LogP contribution in [0.5, 0.6) is 0 Å². The molecule has 2 aliphatic rings. The molecule has 4 heteroatoms. The molecule has 4 rings (SSSR count). The van der Waals surface area contributed by atoms with Crippen LogP contribution in [0, 0.1) is 0 Å². The maximum Gasteiger partial charge on any atom is 0.410 e. The Kier molecular flexibility index (Phi) is 4.22. The Hall–Kier alpha value is -2.33. The Morgan fingerprint density at radius 3 is 2.32 bits per heavy atom. The minimum atomic E-state index is -0.439. The number of aliphatic hydroxyl groups excluding tert-OH is 1. The van der Waals surface area contributed by atoms with E-state index < -0.39 is 6.10 Å². The maximum absolute atomic E-state index is 12.5. The molecule has 2 aromatic rings. The Labute approximate surface area is 148 Å². The molecule has 1 saturated heterocycles. The third kappa shape index (κ3) is 2.81. The van der Waals surface area contributed by atoms with Gasteiger partial charge in [-0.3, -0.25) is 0 Å². The van der Waals surface area contributed by atoms with Gasteiger partial charge in [0.1, 0.15) is 6.61 Å². The smallest absolute Gasteiger partial charge is 0.410 e. The summed E-state index contributed by atoms with van der Waals surface area (Å²) in [6, 6.07) is 16.7. The van der Waals surface area contributed by atoms with Crippen LogP contribution in [0.4, 0.5) is 4.79 Å². The number of rotatable bonds is 3. The van der Waals surface area contributed by atoms with Gasteiger partial charge in [0.05, 0.1) is 12.6 Å². The molecule has 0 saturated carbocycles. The lowest BCUT2D eigenvalue weighted by Gasteiger charge is -2.24. The molecule has 2 unspecified atom stereocenters. The number of likely N-dealkylation sites (tertiary alicyclic amines) is 1. The number of ether oxygens (including phenoxy) is 1. The molecule has 4 nitrogen and oxygen atoms in total. The number of aliphatic hydroxyl groups is 1. The topological polar surface area (TPSA) is 49.8 Å². The standard InChI is InChI=1S/C21H23NO3/c1-2-14-11-15(23)12-22(14)21(24)25-13-20-18-9-5-3-7-16(18)17-8-4-6-10-19(17)20/h3-10,14-15,20,23H,2,11-13H2,1H3. The monoisotopic (exact) mass is 337 g/mol. The van der Waals surface area contributed by atoms with E-state index in [-0.39, 0.29) is 18.1 Å². The summed E-state index contributed by atoms with van der Waals surface area (Å²) < 4.78 is 5.68. The molecule has 2 aromatic carbocycles. The second kappa shape index (κ2) is 6.52. The predicted octanol–water partition coefficient (Wildman–Crippen LogP) is 3.78. The molecular weight excluding hydrogens is 314 g/mol. The van der Waals surface area contributed by atoms with Crippen molar-refractivity contribution >= 4 is 6.09 Å². The normalized spacial score (nSPS) is 21.9. The molecule has 2 atom stereocenters. The molecule has 25 heavy (non-hydrogen) atoms. The Morgan fingerprint density at radius 2 is 1.72 bits per heavy atom. The minimum absolute atomic E-state index is 0.0731. The highest BCUT2D eigenvalue weighted by Gasteiger charge is 2.35. The van der Waals surface area contributed by atoms with Crippen LogP contribution in [0.2, 0.25) is 0 Å². The SMILES string of the molecule is CCC1CC(O)CN1C(=O)OCC1c2ccccc2-c2ccccc21. The Bertz CT molecular complexity index is 743. The zero-order valence-electron chi connectivity index (χ0n) is 14.4. The van der Waals surface area contributed by atoms with Gasteiger partial charge in [-0.1, -0.05) is 55.5 Å². The number of hydrogen-bond donors (Lipinski definition) is 1. The van der Waals surface area contributed by atoms with Crippen LogP contribution < -0.4 is 0 Å². The van der Waals surface area contributed by atoms with E-state index in [1.807, 2.05) is 31.2 Å². The van der Waals surface area contributed by atoms with Gasteiger partial charge in [0.2, 0.25) is 0 Å². The average Bonchev–Trinajstić information content (AvgIpc) is 3.18. The minimum Gasteiger partial charge on any atom is -0.448 e. The first-order valence-corrected chi connectivity index (χ1v) is 8.98. The summed E-state index contributed by atoms with van der Waals surface area (Å²) in [6.07, 6.45) is 0.720. The van der Waals surface area contributed by atoms with Crippen molar-refractivity contribution in [1.82, 2.24) is 4.90 Å². The number of carbonyl (C=O) groups excluding carboxylic acids is 1. The molecule has 1 aliphatic heterocycles. The number of nitrogens with zero attached hydrogens (tertiary/aromatic N) is 1. The van der Waals surface area contributed by atoms with E-state index in [9.17, 15) is 9.90 Å². The van der Waals surface area contributed by atoms with Gasteiger partial charge in [-0.05, 0) is 35.1 Å². The van der Waals surface area contributed by atoms with Gasteiger partial charge >= 0.3 is 6.09 Å². The van der Waals surface area contributed by atoms with E-state index in [4.69, 9.17) is 4.74 Å². The lowest BCUT2D eigenvalue weighted by molar-refractivity contribution is 0.0905. The number of carbonyl (C=O) groups is 1. The van der Waals surface area contributed by atoms with Crippen molar-refractivity contribution in [1.29, 1.82) is 0 Å². The molecule has 1 N–H and O–H groups in total. The van der Waals surface area contributed by atoms with Crippen molar-refractivity contribution in [3.63, 3.8) is 0 Å². The molecule has 0 aromatic heterocycles. The van der Waals surface area contributed by atoms with E-state index in [1.54, 1.807) is 4.90 Å². The van der Waals surface area contributed by atoms with Gasteiger partial charge in [0.15, 0.2) is 0 Å². The second-order valence-corrected chi connectivity index (χ2v) is 6.91. The molecule has 1 heterocycles. The van der Waals surface area contributed by atoms with Gasteiger partial charge in [0, 0.05) is 12.0 Å². The first-order chi connectivity index (χ1) is 12.2. The van der Waals surface area contributed by atoms with Crippen molar-refractivity contribution < 1.29 is 14.6 Å². The summed E-state index contributed by atoms with van der Waals surface area (Å²) >= 11 is 0. The Morgan fingerprint density at radius 1 is 1.12 bits per heavy atom. The maximum atomic E-state index is 12.5. The lowest BCUT2D eigenvalue weighted by atomic mass is 9.98. The molecule has 0 radical (unpaired) electrons. The van der Waals surface area contributed by atoms with Gasteiger partial charge in [-0.15, -0.1) is 0 Å². The van der Waals surface area contributed by atoms with Gasteiger partial charge in [-0.2, -0.15) is 0 Å². The van der Waals surface area contributed by atoms with E-state index in [0.717, 1.165) is 6.42 Å². The van der Waals surface area contributed by atoms with E-state index in [0.29, 0.717) is 19.6 Å². The fourth-order valence-corrected chi connectivity index (χ4v) is 4.18. The van der Waals surface area contributed by atoms with E-state index in [1.165, 1.54) is 22.3 Å². The summed E-state index contributed by atoms with van der Waals surface area (Å²) in [5.41, 5.74) is 4.87. The molecule has 0 bridgehead atoms. The van der Waals surface area contributed by atoms with Crippen LogP contribution in [-0.2, 0) is 4.74 Å². The van der Waals surface area contributed by atoms with Crippen molar-refractivity contribution in [2.24, 2.45) is 0 Å². The summed E-state index contributed by atoms with van der Waals surface area (Å²) in [7, 11) is 0. The van der Waals surface area contributed by atoms with Gasteiger partial charge < -0.3 is 14.7 Å². The predicted molar refractivity (Wildman–Crippen MR) is 96.5 cm³/mol. The zero-order valence-corrected chi connectivity index (χ0v) is 14.4. The number of benzene rings is 2. The fourth-order valence-electron chi connectivity index (χ4n) is 4.18. The molecule has 1 amide bonds. The summed E-state index contributed by atoms with van der Waals surface area (Å²) in [4.78, 5) is 14.2. The van der Waals surface area contributed by atoms with Crippen molar-refractivity contribution in [2.75, 3.05) is 13.2 Å². The second-order valence-electron chi connectivity index (χ2n) is 6.91. The first kappa shape index (κ1) is 16.2. The number of β-amino-alcohol motifs (C(OH)–C–C–N with tert-alkyl or cyclic N) is 1. The number of fused-ring (bicyclic) bond motifs is 3. The van der Waals surface area contributed by atoms with Gasteiger partial charge in [-0.25, -0.2) is 4.79 Å². The van der Waals surface area contributed by atoms with E-state index in [2.05, 4.69) is 24.3 Å². The van der Waals surface area contributed by atoms with Crippen LogP contribution in [0.25, 0.3) is 11.1 Å². The van der Waals surface area contributed by atoms with Crippen molar-refractivity contribution in [3.05, 3.63) is 59.7 Å². The average molecular weight is 337 g/mol. The molecular formula is C21H23NO3. The highest BCUT2D eigenvalue weighted by atomic mass is 16.6. The van der Waals surface area contributed by atoms with Crippen LogP contribution in [-0.4, -0.2) is 41.4 Å². The summed E-state index contributed by atoms with van der Waals surface area (Å²) in [6.45, 7) is 2.73. The van der Waals surface area contributed by atoms with Crippen molar-refractivity contribution in [3.8, 4) is 11.1 Å². The highest BCUT2D eigenvalue weighted by Crippen LogP contribution is 2.44. The molecule has 1 aliphatic carbocycles. The third-order valence-electron chi connectivity index (χ3n) is 5.43. The summed E-state index contributed by atoms with van der Waals surface area (Å²) in [5.74, 6) is 0.0731. The highest BCUT2D eigenvalue weighted by molar-refractivity contribution is 5.79. The van der Waals surface area contributed by atoms with E-state index >= 15 is 0 Å². The number of amides is 1. The quantitative estimate of drug-likeness (QED) is 0.927. The Balaban J connectivity index is 1.53. The molecule has 1 fully saturated rings. The zero-order chi connectivity index (χ0) is 17.4. The van der Waals surface area contributed by atoms with Crippen molar-refractivity contribution in [2.45, 2.75) is 37.8 Å². The molecule has 0 spiro atoms. The summed E-state index contributed by atoms with van der Waals surface area (Å²) in [5, 5.41) is 9.84. The van der Waals surface area contributed by atoms with Crippen LogP contribution in [0.3, 0.4) is 0 Å². The van der Waals surface area contributed by atoms with Crippen LogP contribution in [0.15, 0.2) is 48.5 Å². The first-order valence-electron chi connectivity index (χ1n) is 8.98. The van der Waals surface area contributed by atoms with Gasteiger partial charge in [0.25, 0.3) is 0 Å². The van der Waals surface area contributed by atoms with Crippen LogP contribution >= 0.6 is 0 Å². The lowest BCUT2D eigenvalue weighted by Crippen LogP contribution is -2.36. The van der Waals surface area contributed by atoms with Crippen LogP contribution in [0.1, 0.15) is 36.8 Å². The molecule has 130 valence electrons. The fraction of sp³-hybridized carbons (Fsp3) is 0.381. The largest absolute Gasteiger partial charge is 0.448 e. The third-order valence-corrected chi connectivity index (χ3v) is 5.43.